The Labute approximate surface area is 106 Å². The molecule has 0 aliphatic heterocycles. The molecule has 0 aromatic carbocycles. The van der Waals surface area contributed by atoms with Crippen molar-refractivity contribution in [3.63, 3.8) is 0 Å². The van der Waals surface area contributed by atoms with Crippen molar-refractivity contribution in [2.75, 3.05) is 6.54 Å². The van der Waals surface area contributed by atoms with E-state index in [1.165, 1.54) is 4.88 Å². The fraction of sp³-hybridized carbons (Fsp3) is 0.500. The molecule has 0 saturated carbocycles. The molecule has 0 unspecified atom stereocenters. The summed E-state index contributed by atoms with van der Waals surface area (Å²) in [5.41, 5.74) is 1.09. The van der Waals surface area contributed by atoms with Gasteiger partial charge in [0.15, 0.2) is 0 Å². The molecule has 0 atom stereocenters. The number of hydrogen-bond acceptors (Lipinski definition) is 4. The Balaban J connectivity index is 1.96. The quantitative estimate of drug-likeness (QED) is 0.885. The molecule has 0 fully saturated rings. The third-order valence-electron chi connectivity index (χ3n) is 2.36. The van der Waals surface area contributed by atoms with Crippen molar-refractivity contribution in [2.45, 2.75) is 20.4 Å². The van der Waals surface area contributed by atoms with E-state index in [1.54, 1.807) is 16.0 Å². The lowest BCUT2D eigenvalue weighted by atomic mass is 10.2. The summed E-state index contributed by atoms with van der Waals surface area (Å²) < 4.78 is 1.80. The predicted molar refractivity (Wildman–Crippen MR) is 70.9 cm³/mol. The summed E-state index contributed by atoms with van der Waals surface area (Å²) in [6.07, 6.45) is 5.79. The molecule has 2 aromatic rings. The summed E-state index contributed by atoms with van der Waals surface area (Å²) in [6, 6.07) is 0. The van der Waals surface area contributed by atoms with Crippen molar-refractivity contribution >= 4 is 11.3 Å². The number of thiazole rings is 1. The summed E-state index contributed by atoms with van der Waals surface area (Å²) in [5, 5.41) is 8.62. The Morgan fingerprint density at radius 2 is 2.24 bits per heavy atom. The zero-order valence-electron chi connectivity index (χ0n) is 10.5. The van der Waals surface area contributed by atoms with Gasteiger partial charge in [0.2, 0.25) is 0 Å². The van der Waals surface area contributed by atoms with Crippen LogP contribution in [0.15, 0.2) is 18.6 Å². The highest BCUT2D eigenvalue weighted by Gasteiger charge is 2.06. The summed E-state index contributed by atoms with van der Waals surface area (Å²) in [5.74, 6) is 0.681. The van der Waals surface area contributed by atoms with E-state index in [4.69, 9.17) is 0 Å². The van der Waals surface area contributed by atoms with Crippen LogP contribution < -0.4 is 5.32 Å². The van der Waals surface area contributed by atoms with Crippen molar-refractivity contribution in [3.8, 4) is 10.6 Å². The lowest BCUT2D eigenvalue weighted by molar-refractivity contribution is 0.554. The first-order chi connectivity index (χ1) is 8.15. The number of nitrogens with one attached hydrogen (secondary N) is 1. The molecule has 2 rings (SSSR count). The largest absolute Gasteiger partial charge is 0.312 e. The van der Waals surface area contributed by atoms with E-state index in [0.717, 1.165) is 23.7 Å². The number of hydrogen-bond donors (Lipinski definition) is 1. The second-order valence-electron chi connectivity index (χ2n) is 4.56. The van der Waals surface area contributed by atoms with Gasteiger partial charge in [-0.1, -0.05) is 13.8 Å². The minimum Gasteiger partial charge on any atom is -0.312 e. The molecular weight excluding hydrogens is 232 g/mol. The van der Waals surface area contributed by atoms with Gasteiger partial charge in [0.25, 0.3) is 0 Å². The van der Waals surface area contributed by atoms with Gasteiger partial charge in [-0.25, -0.2) is 4.98 Å². The standard InChI is InChI=1S/C12H18N4S/c1-9(2)4-13-6-11-7-14-12(17-11)10-5-15-16(3)8-10/h5,7-9,13H,4,6H2,1-3H3. The van der Waals surface area contributed by atoms with Gasteiger partial charge in [-0.3, -0.25) is 4.68 Å². The average molecular weight is 250 g/mol. The Kier molecular flexibility index (Phi) is 3.91. The van der Waals surface area contributed by atoms with Crippen molar-refractivity contribution in [1.29, 1.82) is 0 Å². The van der Waals surface area contributed by atoms with Crippen molar-refractivity contribution < 1.29 is 0 Å². The Hall–Kier alpha value is -1.20. The first-order valence-corrected chi connectivity index (χ1v) is 6.61. The maximum atomic E-state index is 4.42. The molecule has 0 aliphatic rings. The maximum Gasteiger partial charge on any atom is 0.126 e. The third-order valence-corrected chi connectivity index (χ3v) is 3.40. The lowest BCUT2D eigenvalue weighted by Gasteiger charge is -2.04. The topological polar surface area (TPSA) is 42.7 Å². The van der Waals surface area contributed by atoms with E-state index >= 15 is 0 Å². The van der Waals surface area contributed by atoms with E-state index in [-0.39, 0.29) is 0 Å². The normalized spacial score (nSPS) is 11.3. The molecular formula is C12H18N4S. The van der Waals surface area contributed by atoms with Gasteiger partial charge in [-0.05, 0) is 12.5 Å². The number of aromatic nitrogens is 3. The fourth-order valence-corrected chi connectivity index (χ4v) is 2.40. The molecule has 5 heteroatoms. The first-order valence-electron chi connectivity index (χ1n) is 5.79. The highest BCUT2D eigenvalue weighted by atomic mass is 32.1. The van der Waals surface area contributed by atoms with E-state index < -0.39 is 0 Å². The fourth-order valence-electron chi connectivity index (χ4n) is 1.54. The van der Waals surface area contributed by atoms with E-state index in [9.17, 15) is 0 Å². The monoisotopic (exact) mass is 250 g/mol. The summed E-state index contributed by atoms with van der Waals surface area (Å²) in [4.78, 5) is 5.69. The first kappa shape index (κ1) is 12.3. The van der Waals surface area contributed by atoms with Crippen LogP contribution in [-0.4, -0.2) is 21.3 Å². The van der Waals surface area contributed by atoms with Crippen LogP contribution >= 0.6 is 11.3 Å². The van der Waals surface area contributed by atoms with Gasteiger partial charge < -0.3 is 5.32 Å². The maximum absolute atomic E-state index is 4.42. The second kappa shape index (κ2) is 5.42. The van der Waals surface area contributed by atoms with Crippen LogP contribution in [0.25, 0.3) is 10.6 Å². The molecule has 0 radical (unpaired) electrons. The molecule has 2 heterocycles. The van der Waals surface area contributed by atoms with E-state index in [2.05, 4.69) is 29.2 Å². The number of aryl methyl sites for hydroxylation is 1. The van der Waals surface area contributed by atoms with Gasteiger partial charge >= 0.3 is 0 Å². The molecule has 0 bridgehead atoms. The Morgan fingerprint density at radius 3 is 2.88 bits per heavy atom. The van der Waals surface area contributed by atoms with Crippen LogP contribution in [0.2, 0.25) is 0 Å². The average Bonchev–Trinajstić information content (AvgIpc) is 2.86. The van der Waals surface area contributed by atoms with Gasteiger partial charge in [0, 0.05) is 36.4 Å². The van der Waals surface area contributed by atoms with Crippen LogP contribution in [0.3, 0.4) is 0 Å². The van der Waals surface area contributed by atoms with Gasteiger partial charge in [-0.2, -0.15) is 5.10 Å². The van der Waals surface area contributed by atoms with Gasteiger partial charge in [0.1, 0.15) is 5.01 Å². The summed E-state index contributed by atoms with van der Waals surface area (Å²) >= 11 is 1.72. The van der Waals surface area contributed by atoms with Crippen LogP contribution in [0.5, 0.6) is 0 Å². The molecule has 0 saturated heterocycles. The van der Waals surface area contributed by atoms with Crippen molar-refractivity contribution in [2.24, 2.45) is 13.0 Å². The highest BCUT2D eigenvalue weighted by molar-refractivity contribution is 7.15. The molecule has 0 amide bonds. The summed E-state index contributed by atoms with van der Waals surface area (Å²) in [7, 11) is 1.92. The second-order valence-corrected chi connectivity index (χ2v) is 5.67. The van der Waals surface area contributed by atoms with Gasteiger partial charge in [0.05, 0.1) is 6.20 Å². The highest BCUT2D eigenvalue weighted by Crippen LogP contribution is 2.24. The third kappa shape index (κ3) is 3.38. The smallest absolute Gasteiger partial charge is 0.126 e. The molecule has 17 heavy (non-hydrogen) atoms. The van der Waals surface area contributed by atoms with Crippen LogP contribution in [-0.2, 0) is 13.6 Å². The molecule has 0 aliphatic carbocycles. The van der Waals surface area contributed by atoms with E-state index in [0.29, 0.717) is 5.92 Å². The zero-order valence-corrected chi connectivity index (χ0v) is 11.3. The molecule has 2 aromatic heterocycles. The molecule has 0 spiro atoms. The Morgan fingerprint density at radius 1 is 1.41 bits per heavy atom. The minimum absolute atomic E-state index is 0.681. The zero-order chi connectivity index (χ0) is 12.3. The molecule has 92 valence electrons. The number of nitrogens with zero attached hydrogens (tertiary/aromatic N) is 3. The minimum atomic E-state index is 0.681. The van der Waals surface area contributed by atoms with Gasteiger partial charge in [-0.15, -0.1) is 11.3 Å². The van der Waals surface area contributed by atoms with Crippen LogP contribution in [0.1, 0.15) is 18.7 Å². The Bertz CT molecular complexity index is 472. The predicted octanol–water partition coefficient (Wildman–Crippen LogP) is 2.29. The van der Waals surface area contributed by atoms with Crippen molar-refractivity contribution in [1.82, 2.24) is 20.1 Å². The molecule has 4 nitrogen and oxygen atoms in total. The summed E-state index contributed by atoms with van der Waals surface area (Å²) in [6.45, 7) is 6.36. The van der Waals surface area contributed by atoms with Crippen LogP contribution in [0.4, 0.5) is 0 Å². The van der Waals surface area contributed by atoms with Crippen LogP contribution in [0, 0.1) is 5.92 Å². The lowest BCUT2D eigenvalue weighted by Crippen LogP contribution is -2.18. The number of rotatable bonds is 5. The molecule has 1 N–H and O–H groups in total. The van der Waals surface area contributed by atoms with E-state index in [1.807, 2.05) is 25.6 Å². The van der Waals surface area contributed by atoms with Crippen molar-refractivity contribution in [3.05, 3.63) is 23.5 Å². The SMILES string of the molecule is CC(C)CNCc1cnc(-c2cnn(C)c2)s1.